The van der Waals surface area contributed by atoms with Crippen LogP contribution in [-0.2, 0) is 0 Å². The van der Waals surface area contributed by atoms with Crippen molar-refractivity contribution in [3.63, 3.8) is 0 Å². The molecular formula is C21H14FN3OS2. The van der Waals surface area contributed by atoms with E-state index in [4.69, 9.17) is 12.2 Å². The van der Waals surface area contributed by atoms with E-state index in [-0.39, 0.29) is 10.7 Å². The monoisotopic (exact) mass is 407 g/mol. The van der Waals surface area contributed by atoms with Gasteiger partial charge in [-0.15, -0.1) is 11.3 Å². The fraction of sp³-hybridized carbons (Fsp3) is 0. The van der Waals surface area contributed by atoms with Gasteiger partial charge < -0.3 is 5.32 Å². The van der Waals surface area contributed by atoms with Crippen LogP contribution in [0.2, 0.25) is 0 Å². The number of nitrogens with one attached hydrogen (secondary N) is 2. The van der Waals surface area contributed by atoms with Gasteiger partial charge in [-0.05, 0) is 48.6 Å². The highest BCUT2D eigenvalue weighted by Crippen LogP contribution is 2.34. The number of carbonyl (C=O) groups excluding carboxylic acids is 1. The Bertz CT molecular complexity index is 1160. The van der Waals surface area contributed by atoms with Crippen LogP contribution < -0.4 is 10.6 Å². The van der Waals surface area contributed by atoms with E-state index >= 15 is 0 Å². The second kappa shape index (κ2) is 7.84. The largest absolute Gasteiger partial charge is 0.332 e. The second-order valence-corrected chi connectivity index (χ2v) is 7.36. The van der Waals surface area contributed by atoms with E-state index in [1.54, 1.807) is 17.4 Å². The number of anilines is 1. The van der Waals surface area contributed by atoms with Gasteiger partial charge in [-0.3, -0.25) is 10.1 Å². The number of nitrogens with zero attached hydrogens (tertiary/aromatic N) is 1. The van der Waals surface area contributed by atoms with Crippen molar-refractivity contribution in [2.24, 2.45) is 0 Å². The number of para-hydroxylation sites is 2. The summed E-state index contributed by atoms with van der Waals surface area (Å²) in [6.07, 6.45) is 0. The number of aromatic nitrogens is 1. The molecule has 0 atom stereocenters. The molecule has 4 aromatic rings. The minimum absolute atomic E-state index is 0.0638. The number of halogens is 1. The van der Waals surface area contributed by atoms with Crippen molar-refractivity contribution in [1.82, 2.24) is 10.3 Å². The highest BCUT2D eigenvalue weighted by atomic mass is 32.1. The Morgan fingerprint density at radius 2 is 1.68 bits per heavy atom. The summed E-state index contributed by atoms with van der Waals surface area (Å²) >= 11 is 6.82. The number of amides is 1. The molecule has 0 radical (unpaired) electrons. The molecule has 0 aliphatic rings. The average molecular weight is 407 g/mol. The first-order valence-corrected chi connectivity index (χ1v) is 9.66. The molecule has 0 fully saturated rings. The first-order chi connectivity index (χ1) is 13.6. The SMILES string of the molecule is O=C(NC(=S)Nc1ccccc1-c1nc2ccccc2s1)c1ccccc1F. The molecule has 3 aromatic carbocycles. The molecule has 138 valence electrons. The number of hydrogen-bond donors (Lipinski definition) is 2. The van der Waals surface area contributed by atoms with E-state index < -0.39 is 11.7 Å². The maximum Gasteiger partial charge on any atom is 0.260 e. The fourth-order valence-corrected chi connectivity index (χ4v) is 3.94. The van der Waals surface area contributed by atoms with Gasteiger partial charge in [-0.2, -0.15) is 0 Å². The zero-order valence-electron chi connectivity index (χ0n) is 14.5. The van der Waals surface area contributed by atoms with Crippen molar-refractivity contribution >= 4 is 50.5 Å². The number of thiocarbonyl (C=S) groups is 1. The van der Waals surface area contributed by atoms with Crippen molar-refractivity contribution in [2.75, 3.05) is 5.32 Å². The molecule has 0 unspecified atom stereocenters. The first kappa shape index (κ1) is 18.2. The molecule has 0 aliphatic carbocycles. The maximum atomic E-state index is 13.8. The summed E-state index contributed by atoms with van der Waals surface area (Å²) < 4.78 is 14.9. The first-order valence-electron chi connectivity index (χ1n) is 8.43. The summed E-state index contributed by atoms with van der Waals surface area (Å²) in [5.41, 5.74) is 2.44. The van der Waals surface area contributed by atoms with Gasteiger partial charge >= 0.3 is 0 Å². The summed E-state index contributed by atoms with van der Waals surface area (Å²) in [7, 11) is 0. The van der Waals surface area contributed by atoms with Crippen molar-refractivity contribution in [2.45, 2.75) is 0 Å². The predicted octanol–water partition coefficient (Wildman–Crippen LogP) is 5.23. The summed E-state index contributed by atoms with van der Waals surface area (Å²) in [6, 6.07) is 21.2. The van der Waals surface area contributed by atoms with Gasteiger partial charge in [0.25, 0.3) is 5.91 Å². The van der Waals surface area contributed by atoms with E-state index in [9.17, 15) is 9.18 Å². The Balaban J connectivity index is 1.56. The quantitative estimate of drug-likeness (QED) is 0.457. The molecule has 0 spiro atoms. The van der Waals surface area contributed by atoms with Crippen molar-refractivity contribution in [3.05, 3.63) is 84.2 Å². The van der Waals surface area contributed by atoms with Crippen LogP contribution in [0, 0.1) is 5.82 Å². The Morgan fingerprint density at radius 3 is 2.50 bits per heavy atom. The van der Waals surface area contributed by atoms with E-state index in [1.165, 1.54) is 18.2 Å². The van der Waals surface area contributed by atoms with Crippen molar-refractivity contribution < 1.29 is 9.18 Å². The lowest BCUT2D eigenvalue weighted by atomic mass is 10.2. The summed E-state index contributed by atoms with van der Waals surface area (Å²) in [5, 5.41) is 6.46. The van der Waals surface area contributed by atoms with Crippen LogP contribution in [0.4, 0.5) is 10.1 Å². The predicted molar refractivity (Wildman–Crippen MR) is 115 cm³/mol. The lowest BCUT2D eigenvalue weighted by molar-refractivity contribution is 0.0974. The normalized spacial score (nSPS) is 10.6. The van der Waals surface area contributed by atoms with E-state index in [1.807, 2.05) is 48.5 Å². The van der Waals surface area contributed by atoms with Crippen LogP contribution in [0.15, 0.2) is 72.8 Å². The van der Waals surface area contributed by atoms with Gasteiger partial charge in [-0.1, -0.05) is 36.4 Å². The fourth-order valence-electron chi connectivity index (χ4n) is 2.74. The molecule has 28 heavy (non-hydrogen) atoms. The van der Waals surface area contributed by atoms with Gasteiger partial charge in [0.1, 0.15) is 10.8 Å². The molecule has 0 saturated heterocycles. The molecule has 4 rings (SSSR count). The van der Waals surface area contributed by atoms with Crippen LogP contribution in [0.3, 0.4) is 0 Å². The van der Waals surface area contributed by atoms with Crippen LogP contribution >= 0.6 is 23.6 Å². The second-order valence-electron chi connectivity index (χ2n) is 5.92. The molecule has 0 saturated carbocycles. The van der Waals surface area contributed by atoms with Crippen molar-refractivity contribution in [1.29, 1.82) is 0 Å². The number of carbonyl (C=O) groups is 1. The summed E-state index contributed by atoms with van der Waals surface area (Å²) in [5.74, 6) is -1.20. The van der Waals surface area contributed by atoms with Gasteiger partial charge in [0.15, 0.2) is 5.11 Å². The minimum atomic E-state index is -0.604. The molecule has 7 heteroatoms. The van der Waals surface area contributed by atoms with Gasteiger partial charge in [0.2, 0.25) is 0 Å². The van der Waals surface area contributed by atoms with E-state index in [2.05, 4.69) is 15.6 Å². The smallest absolute Gasteiger partial charge is 0.260 e. The molecule has 1 amide bonds. The molecule has 1 heterocycles. The number of rotatable bonds is 3. The lowest BCUT2D eigenvalue weighted by Crippen LogP contribution is -2.34. The molecular weight excluding hydrogens is 393 g/mol. The van der Waals surface area contributed by atoms with Gasteiger partial charge in [0, 0.05) is 5.56 Å². The topological polar surface area (TPSA) is 54.0 Å². The zero-order chi connectivity index (χ0) is 19.5. The highest BCUT2D eigenvalue weighted by Gasteiger charge is 2.14. The molecule has 0 aliphatic heterocycles. The maximum absolute atomic E-state index is 13.8. The zero-order valence-corrected chi connectivity index (χ0v) is 16.1. The summed E-state index contributed by atoms with van der Waals surface area (Å²) in [4.78, 5) is 16.9. The van der Waals surface area contributed by atoms with Crippen LogP contribution in [0.1, 0.15) is 10.4 Å². The standard InChI is InChI=1S/C21H14FN3OS2/c22-15-9-3-1-7-13(15)19(26)25-21(27)24-16-10-4-2-8-14(16)20-23-17-11-5-6-12-18(17)28-20/h1-12H,(H2,24,25,26,27). The van der Waals surface area contributed by atoms with Gasteiger partial charge in [-0.25, -0.2) is 9.37 Å². The third-order valence-electron chi connectivity index (χ3n) is 4.05. The van der Waals surface area contributed by atoms with E-state index in [0.717, 1.165) is 20.8 Å². The highest BCUT2D eigenvalue weighted by molar-refractivity contribution is 7.80. The number of hydrogen-bond acceptors (Lipinski definition) is 4. The minimum Gasteiger partial charge on any atom is -0.332 e. The third kappa shape index (κ3) is 3.76. The Labute approximate surface area is 170 Å². The summed E-state index contributed by atoms with van der Waals surface area (Å²) in [6.45, 7) is 0. The van der Waals surface area contributed by atoms with Crippen molar-refractivity contribution in [3.8, 4) is 10.6 Å². The van der Waals surface area contributed by atoms with Crippen LogP contribution in [0.5, 0.6) is 0 Å². The van der Waals surface area contributed by atoms with Gasteiger partial charge in [0.05, 0.1) is 21.5 Å². The van der Waals surface area contributed by atoms with Crippen LogP contribution in [-0.4, -0.2) is 16.0 Å². The molecule has 1 aromatic heterocycles. The third-order valence-corrected chi connectivity index (χ3v) is 5.32. The number of thiazole rings is 1. The molecule has 0 bridgehead atoms. The molecule has 4 nitrogen and oxygen atoms in total. The average Bonchev–Trinajstić information content (AvgIpc) is 3.12. The Hall–Kier alpha value is -3.16. The molecule has 2 N–H and O–H groups in total. The lowest BCUT2D eigenvalue weighted by Gasteiger charge is -2.12. The Morgan fingerprint density at radius 1 is 0.964 bits per heavy atom. The van der Waals surface area contributed by atoms with E-state index in [0.29, 0.717) is 5.69 Å². The number of benzene rings is 3. The van der Waals surface area contributed by atoms with Crippen LogP contribution in [0.25, 0.3) is 20.8 Å². The Kier molecular flexibility index (Phi) is 5.10. The number of fused-ring (bicyclic) bond motifs is 1.